The predicted molar refractivity (Wildman–Crippen MR) is 66.7 cm³/mol. The highest BCUT2D eigenvalue weighted by atomic mass is 16.5. The zero-order valence-corrected chi connectivity index (χ0v) is 11.0. The summed E-state index contributed by atoms with van der Waals surface area (Å²) in [6, 6.07) is 0.399. The van der Waals surface area contributed by atoms with Gasteiger partial charge in [0.25, 0.3) is 0 Å². The van der Waals surface area contributed by atoms with Crippen LogP contribution in [0.3, 0.4) is 0 Å². The Balaban J connectivity index is 2.16. The number of aryl methyl sites for hydroxylation is 1. The molecule has 0 aromatic carbocycles. The number of hydrogen-bond donors (Lipinski definition) is 1. The van der Waals surface area contributed by atoms with Gasteiger partial charge in [0.1, 0.15) is 0 Å². The Kier molecular flexibility index (Phi) is 4.01. The maximum atomic E-state index is 10.7. The molecule has 1 aliphatic heterocycles. The summed E-state index contributed by atoms with van der Waals surface area (Å²) in [6.07, 6.45) is 2.71. The average molecular weight is 252 g/mol. The number of carbonyl (C=O) groups is 1. The second kappa shape index (κ2) is 5.52. The van der Waals surface area contributed by atoms with E-state index in [1.54, 1.807) is 0 Å². The Hall–Kier alpha value is -1.36. The van der Waals surface area contributed by atoms with Gasteiger partial charge in [-0.15, -0.1) is 0 Å². The van der Waals surface area contributed by atoms with Gasteiger partial charge in [0.15, 0.2) is 0 Å². The van der Waals surface area contributed by atoms with Gasteiger partial charge in [-0.05, 0) is 38.7 Å². The molecule has 0 amide bonds. The number of ether oxygens (including phenoxy) is 1. The van der Waals surface area contributed by atoms with Crippen LogP contribution in [0.4, 0.5) is 0 Å². The molecule has 2 rings (SSSR count). The minimum Gasteiger partial charge on any atom is -0.481 e. The summed E-state index contributed by atoms with van der Waals surface area (Å²) in [4.78, 5) is 10.7. The molecule has 1 aromatic rings. The van der Waals surface area contributed by atoms with Crippen molar-refractivity contribution in [1.29, 1.82) is 0 Å². The van der Waals surface area contributed by atoms with Crippen LogP contribution in [0.5, 0.6) is 0 Å². The third-order valence-electron chi connectivity index (χ3n) is 3.60. The summed E-state index contributed by atoms with van der Waals surface area (Å²) in [5.41, 5.74) is 3.16. The number of carboxylic acids is 1. The second-order valence-electron chi connectivity index (χ2n) is 4.83. The first kappa shape index (κ1) is 13.1. The van der Waals surface area contributed by atoms with E-state index in [0.717, 1.165) is 43.0 Å². The molecule has 5 nitrogen and oxygen atoms in total. The first-order valence-electron chi connectivity index (χ1n) is 6.43. The Morgan fingerprint density at radius 1 is 1.44 bits per heavy atom. The molecule has 1 fully saturated rings. The maximum Gasteiger partial charge on any atom is 0.303 e. The fourth-order valence-corrected chi connectivity index (χ4v) is 2.58. The third-order valence-corrected chi connectivity index (χ3v) is 3.60. The van der Waals surface area contributed by atoms with Crippen LogP contribution >= 0.6 is 0 Å². The van der Waals surface area contributed by atoms with E-state index in [1.165, 1.54) is 0 Å². The van der Waals surface area contributed by atoms with E-state index >= 15 is 0 Å². The van der Waals surface area contributed by atoms with Gasteiger partial charge < -0.3 is 9.84 Å². The molecule has 0 bridgehead atoms. The largest absolute Gasteiger partial charge is 0.481 e. The Morgan fingerprint density at radius 3 is 2.72 bits per heavy atom. The molecule has 0 saturated carbocycles. The first-order valence-corrected chi connectivity index (χ1v) is 6.43. The second-order valence-corrected chi connectivity index (χ2v) is 4.83. The highest BCUT2D eigenvalue weighted by molar-refractivity contribution is 5.67. The molecule has 18 heavy (non-hydrogen) atoms. The van der Waals surface area contributed by atoms with Crippen LogP contribution in [0, 0.1) is 13.8 Å². The molecule has 1 saturated heterocycles. The van der Waals surface area contributed by atoms with Crippen molar-refractivity contribution in [2.75, 3.05) is 13.2 Å². The molecule has 100 valence electrons. The third kappa shape index (κ3) is 2.72. The minimum absolute atomic E-state index is 0.168. The quantitative estimate of drug-likeness (QED) is 0.888. The van der Waals surface area contributed by atoms with E-state index in [-0.39, 0.29) is 6.42 Å². The molecule has 0 unspecified atom stereocenters. The monoisotopic (exact) mass is 252 g/mol. The van der Waals surface area contributed by atoms with Crippen molar-refractivity contribution in [3.63, 3.8) is 0 Å². The molecule has 1 N–H and O–H groups in total. The van der Waals surface area contributed by atoms with Gasteiger partial charge in [-0.3, -0.25) is 9.48 Å². The van der Waals surface area contributed by atoms with Crippen LogP contribution in [0.25, 0.3) is 0 Å². The lowest BCUT2D eigenvalue weighted by Crippen LogP contribution is -2.21. The zero-order chi connectivity index (χ0) is 13.1. The van der Waals surface area contributed by atoms with Gasteiger partial charge in [0.2, 0.25) is 0 Å². The SMILES string of the molecule is Cc1nn(C2CCOCC2)c(C)c1CCC(=O)O. The topological polar surface area (TPSA) is 64.4 Å². The van der Waals surface area contributed by atoms with E-state index in [9.17, 15) is 4.79 Å². The van der Waals surface area contributed by atoms with Crippen LogP contribution in [-0.2, 0) is 16.0 Å². The normalized spacial score (nSPS) is 17.0. The van der Waals surface area contributed by atoms with Crippen LogP contribution in [0.2, 0.25) is 0 Å². The lowest BCUT2D eigenvalue weighted by molar-refractivity contribution is -0.136. The van der Waals surface area contributed by atoms with Gasteiger partial charge in [0, 0.05) is 25.3 Å². The van der Waals surface area contributed by atoms with Gasteiger partial charge >= 0.3 is 5.97 Å². The van der Waals surface area contributed by atoms with Crippen molar-refractivity contribution < 1.29 is 14.6 Å². The van der Waals surface area contributed by atoms with E-state index in [2.05, 4.69) is 9.78 Å². The van der Waals surface area contributed by atoms with E-state index in [0.29, 0.717) is 12.5 Å². The van der Waals surface area contributed by atoms with Crippen molar-refractivity contribution in [1.82, 2.24) is 9.78 Å². The van der Waals surface area contributed by atoms with Crippen LogP contribution in [0.1, 0.15) is 42.3 Å². The van der Waals surface area contributed by atoms with Gasteiger partial charge in [-0.25, -0.2) is 0 Å². The molecule has 0 spiro atoms. The molecule has 2 heterocycles. The summed E-state index contributed by atoms with van der Waals surface area (Å²) in [5, 5.41) is 13.3. The van der Waals surface area contributed by atoms with E-state index in [4.69, 9.17) is 9.84 Å². The number of nitrogens with zero attached hydrogens (tertiary/aromatic N) is 2. The van der Waals surface area contributed by atoms with E-state index < -0.39 is 5.97 Å². The standard InChI is InChI=1S/C13H20N2O3/c1-9-12(3-4-13(16)17)10(2)15(14-9)11-5-7-18-8-6-11/h11H,3-8H2,1-2H3,(H,16,17). The van der Waals surface area contributed by atoms with Gasteiger partial charge in [-0.1, -0.05) is 0 Å². The summed E-state index contributed by atoms with van der Waals surface area (Å²) in [6.45, 7) is 5.56. The highest BCUT2D eigenvalue weighted by Gasteiger charge is 2.21. The summed E-state index contributed by atoms with van der Waals surface area (Å²) < 4.78 is 7.42. The Labute approximate surface area is 107 Å². The molecule has 1 aliphatic rings. The lowest BCUT2D eigenvalue weighted by atomic mass is 10.1. The van der Waals surface area contributed by atoms with Gasteiger partial charge in [-0.2, -0.15) is 5.10 Å². The number of aliphatic carboxylic acids is 1. The molecular weight excluding hydrogens is 232 g/mol. The number of hydrogen-bond acceptors (Lipinski definition) is 3. The smallest absolute Gasteiger partial charge is 0.303 e. The fourth-order valence-electron chi connectivity index (χ4n) is 2.58. The van der Waals surface area contributed by atoms with Crippen LogP contribution in [-0.4, -0.2) is 34.1 Å². The van der Waals surface area contributed by atoms with Crippen molar-refractivity contribution >= 4 is 5.97 Å². The van der Waals surface area contributed by atoms with Gasteiger partial charge in [0.05, 0.1) is 11.7 Å². The predicted octanol–water partition coefficient (Wildman–Crippen LogP) is 1.87. The minimum atomic E-state index is -0.757. The van der Waals surface area contributed by atoms with Crippen molar-refractivity contribution in [2.45, 2.75) is 45.6 Å². The molecule has 0 radical (unpaired) electrons. The summed E-state index contributed by atoms with van der Waals surface area (Å²) >= 11 is 0. The molecule has 0 aliphatic carbocycles. The number of rotatable bonds is 4. The first-order chi connectivity index (χ1) is 8.59. The Morgan fingerprint density at radius 2 is 2.11 bits per heavy atom. The molecule has 5 heteroatoms. The summed E-state index contributed by atoms with van der Waals surface area (Å²) in [7, 11) is 0. The average Bonchev–Trinajstić information content (AvgIpc) is 2.63. The number of carboxylic acid groups (broad SMARTS) is 1. The zero-order valence-electron chi connectivity index (χ0n) is 11.0. The number of aromatic nitrogens is 2. The highest BCUT2D eigenvalue weighted by Crippen LogP contribution is 2.25. The summed E-state index contributed by atoms with van der Waals surface area (Å²) in [5.74, 6) is -0.757. The molecule has 0 atom stereocenters. The molecular formula is C13H20N2O3. The Bertz CT molecular complexity index is 434. The van der Waals surface area contributed by atoms with Crippen molar-refractivity contribution in [2.24, 2.45) is 0 Å². The lowest BCUT2D eigenvalue weighted by Gasteiger charge is -2.23. The van der Waals surface area contributed by atoms with Crippen LogP contribution < -0.4 is 0 Å². The van der Waals surface area contributed by atoms with Crippen LogP contribution in [0.15, 0.2) is 0 Å². The molecule has 1 aromatic heterocycles. The fraction of sp³-hybridized carbons (Fsp3) is 0.692. The van der Waals surface area contributed by atoms with Crippen molar-refractivity contribution in [3.8, 4) is 0 Å². The van der Waals surface area contributed by atoms with Crippen molar-refractivity contribution in [3.05, 3.63) is 17.0 Å². The van der Waals surface area contributed by atoms with E-state index in [1.807, 2.05) is 13.8 Å². The maximum absolute atomic E-state index is 10.7.